The molecule has 1 heterocycles. The van der Waals surface area contributed by atoms with E-state index in [4.69, 9.17) is 0 Å². The van der Waals surface area contributed by atoms with Gasteiger partial charge in [0.1, 0.15) is 11.5 Å². The predicted octanol–water partition coefficient (Wildman–Crippen LogP) is 1.53. The summed E-state index contributed by atoms with van der Waals surface area (Å²) in [6.45, 7) is 7.09. The van der Waals surface area contributed by atoms with Gasteiger partial charge in [-0.2, -0.15) is 0 Å². The highest BCUT2D eigenvalue weighted by Crippen LogP contribution is 2.37. The van der Waals surface area contributed by atoms with Crippen LogP contribution < -0.4 is 10.0 Å². The minimum Gasteiger partial charge on any atom is -0.550 e. The largest absolute Gasteiger partial charge is 0.550 e. The van der Waals surface area contributed by atoms with Crippen molar-refractivity contribution in [2.45, 2.75) is 44.9 Å². The average Bonchev–Trinajstić information content (AvgIpc) is 2.75. The van der Waals surface area contributed by atoms with Crippen LogP contribution in [0, 0.1) is 11.8 Å². The number of aromatic hydroxyl groups is 1. The number of phenolic OH excluding ortho intramolecular Hbond substituents is 1. The molecule has 0 aromatic heterocycles. The second kappa shape index (κ2) is 10.1. The molecule has 5 heteroatoms. The van der Waals surface area contributed by atoms with Gasteiger partial charge < -0.3 is 19.9 Å². The van der Waals surface area contributed by atoms with E-state index in [-0.39, 0.29) is 30.0 Å². The first kappa shape index (κ1) is 23.0. The zero-order chi connectivity index (χ0) is 22.4. The molecule has 0 saturated carbocycles. The first-order chi connectivity index (χ1) is 14.8. The Hall–Kier alpha value is -2.66. The van der Waals surface area contributed by atoms with Crippen molar-refractivity contribution in [2.75, 3.05) is 19.6 Å². The van der Waals surface area contributed by atoms with Gasteiger partial charge in [-0.15, -0.1) is 0 Å². The van der Waals surface area contributed by atoms with Crippen LogP contribution in [-0.2, 0) is 21.4 Å². The molecule has 1 unspecified atom stereocenters. The van der Waals surface area contributed by atoms with Crippen LogP contribution in [0.5, 0.6) is 5.75 Å². The van der Waals surface area contributed by atoms with Gasteiger partial charge in [0, 0.05) is 30.1 Å². The Labute approximate surface area is 184 Å². The molecular weight excluding hydrogens is 390 g/mol. The van der Waals surface area contributed by atoms with Gasteiger partial charge in [-0.25, -0.2) is 0 Å². The van der Waals surface area contributed by atoms with E-state index in [0.717, 1.165) is 30.6 Å². The number of nitrogens with one attached hydrogen (secondary N) is 1. The third-order valence-electron chi connectivity index (χ3n) is 7.08. The fraction of sp³-hybridized carbons (Fsp3) is 0.462. The lowest BCUT2D eigenvalue weighted by molar-refractivity contribution is -0.912. The Morgan fingerprint density at radius 2 is 1.90 bits per heavy atom. The standard InChI is InChI=1S/C26H33NO4/c1-19-17-27(14-13-26(19,2)22-9-6-10-23(28)16-22)18-21(24(29)11-12-25(30)31)15-20-7-4-3-5-8-20/h3-10,16,19,21,28H,11-15,17-18H2,1-2H3,(H,30,31)/t19-,21-,26+/m0/s1. The number of benzene rings is 2. The van der Waals surface area contributed by atoms with Crippen molar-refractivity contribution in [3.05, 3.63) is 65.7 Å². The number of carboxylic acids is 1. The monoisotopic (exact) mass is 423 g/mol. The van der Waals surface area contributed by atoms with Crippen LogP contribution in [0.15, 0.2) is 54.6 Å². The predicted molar refractivity (Wildman–Crippen MR) is 118 cm³/mol. The number of rotatable bonds is 9. The molecule has 5 nitrogen and oxygen atoms in total. The smallest absolute Gasteiger partial charge is 0.142 e. The first-order valence-electron chi connectivity index (χ1n) is 11.2. The number of carboxylic acid groups (broad SMARTS) is 1. The van der Waals surface area contributed by atoms with Gasteiger partial charge in [0.05, 0.1) is 25.6 Å². The molecule has 1 aliphatic heterocycles. The van der Waals surface area contributed by atoms with Gasteiger partial charge in [-0.1, -0.05) is 56.3 Å². The lowest BCUT2D eigenvalue weighted by Crippen LogP contribution is -3.15. The first-order valence-corrected chi connectivity index (χ1v) is 11.2. The number of hydrogen-bond acceptors (Lipinski definition) is 4. The molecule has 0 spiro atoms. The number of carbonyl (C=O) groups is 2. The summed E-state index contributed by atoms with van der Waals surface area (Å²) in [6, 6.07) is 17.5. The molecule has 4 atom stereocenters. The Bertz CT molecular complexity index is 897. The zero-order valence-corrected chi connectivity index (χ0v) is 18.5. The maximum absolute atomic E-state index is 12.9. The summed E-state index contributed by atoms with van der Waals surface area (Å²) in [5, 5.41) is 20.8. The van der Waals surface area contributed by atoms with Crippen LogP contribution in [0.25, 0.3) is 0 Å². The van der Waals surface area contributed by atoms with E-state index < -0.39 is 5.97 Å². The van der Waals surface area contributed by atoms with Gasteiger partial charge in [-0.05, 0) is 36.1 Å². The normalized spacial score (nSPS) is 24.5. The number of likely N-dealkylation sites (tertiary alicyclic amines) is 1. The molecule has 2 N–H and O–H groups in total. The number of phenols is 1. The molecule has 2 aromatic carbocycles. The molecule has 166 valence electrons. The van der Waals surface area contributed by atoms with Crippen molar-refractivity contribution < 1.29 is 24.7 Å². The average molecular weight is 424 g/mol. The highest BCUT2D eigenvalue weighted by Gasteiger charge is 2.41. The van der Waals surface area contributed by atoms with E-state index >= 15 is 0 Å². The van der Waals surface area contributed by atoms with E-state index in [2.05, 4.69) is 19.9 Å². The maximum Gasteiger partial charge on any atom is 0.142 e. The molecule has 0 amide bonds. The molecule has 0 aliphatic carbocycles. The SMILES string of the molecule is C[C@H]1C[NH+](C[C@H](Cc2ccccc2)C(=O)CCC(=O)[O-])CC[C@@]1(C)c1cccc(O)c1. The van der Waals surface area contributed by atoms with Crippen LogP contribution in [0.1, 0.15) is 44.2 Å². The summed E-state index contributed by atoms with van der Waals surface area (Å²) in [5.41, 5.74) is 2.24. The van der Waals surface area contributed by atoms with E-state index in [1.165, 1.54) is 4.90 Å². The number of aliphatic carboxylic acids is 1. The van der Waals surface area contributed by atoms with Crippen LogP contribution in [-0.4, -0.2) is 36.5 Å². The molecule has 1 fully saturated rings. The lowest BCUT2D eigenvalue weighted by Gasteiger charge is -2.43. The zero-order valence-electron chi connectivity index (χ0n) is 18.5. The van der Waals surface area contributed by atoms with Crippen molar-refractivity contribution >= 4 is 11.8 Å². The van der Waals surface area contributed by atoms with E-state index in [1.807, 2.05) is 42.5 Å². The summed E-state index contributed by atoms with van der Waals surface area (Å²) < 4.78 is 0. The highest BCUT2D eigenvalue weighted by atomic mass is 16.4. The molecule has 1 saturated heterocycles. The van der Waals surface area contributed by atoms with Gasteiger partial charge in [0.15, 0.2) is 0 Å². The molecule has 0 radical (unpaired) electrons. The Morgan fingerprint density at radius 3 is 2.55 bits per heavy atom. The number of piperidine rings is 1. The number of hydrogen-bond donors (Lipinski definition) is 2. The Morgan fingerprint density at radius 1 is 1.16 bits per heavy atom. The fourth-order valence-corrected chi connectivity index (χ4v) is 4.89. The second-order valence-electron chi connectivity index (χ2n) is 9.25. The van der Waals surface area contributed by atoms with Crippen molar-refractivity contribution in [3.63, 3.8) is 0 Å². The minimum absolute atomic E-state index is 0.00882. The van der Waals surface area contributed by atoms with Crippen LogP contribution in [0.2, 0.25) is 0 Å². The minimum atomic E-state index is -1.17. The quantitative estimate of drug-likeness (QED) is 0.641. The van der Waals surface area contributed by atoms with E-state index in [9.17, 15) is 19.8 Å². The molecule has 3 rings (SSSR count). The topological polar surface area (TPSA) is 81.9 Å². The van der Waals surface area contributed by atoms with Gasteiger partial charge in [0.2, 0.25) is 0 Å². The molecule has 31 heavy (non-hydrogen) atoms. The van der Waals surface area contributed by atoms with E-state index in [0.29, 0.717) is 24.6 Å². The fourth-order valence-electron chi connectivity index (χ4n) is 4.89. The number of Topliss-reactive ketones (excluding diaryl/α,β-unsaturated/α-hetero) is 1. The van der Waals surface area contributed by atoms with Gasteiger partial charge in [-0.3, -0.25) is 4.79 Å². The van der Waals surface area contributed by atoms with Gasteiger partial charge in [0.25, 0.3) is 0 Å². The summed E-state index contributed by atoms with van der Waals surface area (Å²) >= 11 is 0. The maximum atomic E-state index is 12.9. The summed E-state index contributed by atoms with van der Waals surface area (Å²) in [7, 11) is 0. The van der Waals surface area contributed by atoms with Crippen molar-refractivity contribution in [1.82, 2.24) is 0 Å². The Kier molecular flexibility index (Phi) is 7.50. The second-order valence-corrected chi connectivity index (χ2v) is 9.25. The number of ketones is 1. The summed E-state index contributed by atoms with van der Waals surface area (Å²) in [4.78, 5) is 25.1. The number of carbonyl (C=O) groups excluding carboxylic acids is 2. The van der Waals surface area contributed by atoms with E-state index in [1.54, 1.807) is 6.07 Å². The third kappa shape index (κ3) is 5.95. The van der Waals surface area contributed by atoms with Gasteiger partial charge >= 0.3 is 0 Å². The molecular formula is C26H33NO4. The van der Waals surface area contributed by atoms with Crippen LogP contribution in [0.4, 0.5) is 0 Å². The summed E-state index contributed by atoms with van der Waals surface area (Å²) in [6.07, 6.45) is 1.42. The Balaban J connectivity index is 1.69. The van der Waals surface area contributed by atoms with Crippen molar-refractivity contribution in [3.8, 4) is 5.75 Å². The molecule has 2 aromatic rings. The highest BCUT2D eigenvalue weighted by molar-refractivity contribution is 5.84. The molecule has 0 bridgehead atoms. The molecule has 1 aliphatic rings. The number of quaternary nitrogens is 1. The third-order valence-corrected chi connectivity index (χ3v) is 7.08. The van der Waals surface area contributed by atoms with Crippen LogP contribution in [0.3, 0.4) is 0 Å². The lowest BCUT2D eigenvalue weighted by atomic mass is 9.68. The summed E-state index contributed by atoms with van der Waals surface area (Å²) in [5.74, 6) is -0.688. The van der Waals surface area contributed by atoms with Crippen molar-refractivity contribution in [2.24, 2.45) is 11.8 Å². The van der Waals surface area contributed by atoms with Crippen LogP contribution >= 0.6 is 0 Å². The van der Waals surface area contributed by atoms with Crippen molar-refractivity contribution in [1.29, 1.82) is 0 Å².